The van der Waals surface area contributed by atoms with Crippen LogP contribution in [0, 0.1) is 0 Å². The molecule has 1 aromatic carbocycles. The van der Waals surface area contributed by atoms with E-state index in [9.17, 15) is 4.79 Å². The number of hydrogen-bond acceptors (Lipinski definition) is 3. The number of carbonyl (C=O) groups excluding carboxylic acids is 1. The van der Waals surface area contributed by atoms with E-state index in [1.165, 1.54) is 11.1 Å². The molecule has 2 N–H and O–H groups in total. The maximum absolute atomic E-state index is 12.5. The van der Waals surface area contributed by atoms with Gasteiger partial charge in [0.25, 0.3) is 0 Å². The quantitative estimate of drug-likeness (QED) is 0.872. The Morgan fingerprint density at radius 1 is 1.33 bits per heavy atom. The predicted octanol–water partition coefficient (Wildman–Crippen LogP) is 1.77. The summed E-state index contributed by atoms with van der Waals surface area (Å²) in [4.78, 5) is 12.5. The molecule has 114 valence electrons. The van der Waals surface area contributed by atoms with E-state index in [0.717, 1.165) is 32.4 Å². The van der Waals surface area contributed by atoms with Crippen LogP contribution < -0.4 is 10.6 Å². The average Bonchev–Trinajstić information content (AvgIpc) is 2.45. The molecule has 0 aromatic heterocycles. The number of fused-ring (bicyclic) bond motifs is 1. The van der Waals surface area contributed by atoms with Gasteiger partial charge < -0.3 is 15.4 Å². The highest BCUT2D eigenvalue weighted by atomic mass is 16.5. The van der Waals surface area contributed by atoms with E-state index in [4.69, 9.17) is 4.74 Å². The minimum Gasteiger partial charge on any atom is -0.375 e. The fourth-order valence-corrected chi connectivity index (χ4v) is 3.30. The van der Waals surface area contributed by atoms with Gasteiger partial charge in [-0.3, -0.25) is 4.79 Å². The molecular formula is C17H24N2O2. The Morgan fingerprint density at radius 3 is 2.86 bits per heavy atom. The zero-order chi connectivity index (χ0) is 14.9. The fourth-order valence-electron chi connectivity index (χ4n) is 3.30. The summed E-state index contributed by atoms with van der Waals surface area (Å²) in [5.41, 5.74) is 2.44. The molecule has 3 rings (SSSR count). The van der Waals surface area contributed by atoms with Crippen molar-refractivity contribution in [1.82, 2.24) is 10.6 Å². The minimum absolute atomic E-state index is 0.118. The molecule has 0 saturated carbocycles. The molecule has 21 heavy (non-hydrogen) atoms. The van der Waals surface area contributed by atoms with Crippen LogP contribution in [-0.4, -0.2) is 30.2 Å². The summed E-state index contributed by atoms with van der Waals surface area (Å²) in [6.07, 6.45) is 2.55. The number of nitrogens with one attached hydrogen (secondary N) is 2. The maximum Gasteiger partial charge on any atom is 0.237 e. The Hall–Kier alpha value is -1.39. The zero-order valence-electron chi connectivity index (χ0n) is 12.8. The standard InChI is InChI=1S/C17H24N2O2/c1-17(2)10-14(7-8-21-17)19-16(20)15-9-12-5-3-4-6-13(12)11-18-15/h3-6,14-15,18H,7-11H2,1-2H3,(H,19,20). The maximum atomic E-state index is 12.5. The zero-order valence-corrected chi connectivity index (χ0v) is 12.8. The van der Waals surface area contributed by atoms with Crippen LogP contribution in [0.2, 0.25) is 0 Å². The summed E-state index contributed by atoms with van der Waals surface area (Å²) < 4.78 is 5.70. The lowest BCUT2D eigenvalue weighted by Gasteiger charge is -2.36. The summed E-state index contributed by atoms with van der Waals surface area (Å²) >= 11 is 0. The first-order chi connectivity index (χ1) is 10.0. The van der Waals surface area contributed by atoms with Gasteiger partial charge in [0.05, 0.1) is 11.6 Å². The summed E-state index contributed by atoms with van der Waals surface area (Å²) in [6.45, 7) is 5.66. The number of hydrogen-bond donors (Lipinski definition) is 2. The molecule has 0 bridgehead atoms. The third-order valence-corrected chi connectivity index (χ3v) is 4.44. The first kappa shape index (κ1) is 14.5. The number of benzene rings is 1. The molecule has 0 aliphatic carbocycles. The van der Waals surface area contributed by atoms with E-state index in [1.54, 1.807) is 0 Å². The third kappa shape index (κ3) is 3.44. The van der Waals surface area contributed by atoms with Gasteiger partial charge in [0.2, 0.25) is 5.91 Å². The first-order valence-electron chi connectivity index (χ1n) is 7.78. The number of rotatable bonds is 2. The summed E-state index contributed by atoms with van der Waals surface area (Å²) in [5, 5.41) is 6.54. The third-order valence-electron chi connectivity index (χ3n) is 4.44. The SMILES string of the molecule is CC1(C)CC(NC(=O)C2Cc3ccccc3CN2)CCO1. The lowest BCUT2D eigenvalue weighted by molar-refractivity contribution is -0.126. The van der Waals surface area contributed by atoms with Crippen LogP contribution in [0.3, 0.4) is 0 Å². The van der Waals surface area contributed by atoms with Crippen LogP contribution in [0.1, 0.15) is 37.8 Å². The van der Waals surface area contributed by atoms with Crippen molar-refractivity contribution in [2.45, 2.75) is 57.3 Å². The molecule has 2 heterocycles. The lowest BCUT2D eigenvalue weighted by Crippen LogP contribution is -2.53. The van der Waals surface area contributed by atoms with Gasteiger partial charge in [-0.25, -0.2) is 0 Å². The van der Waals surface area contributed by atoms with Gasteiger partial charge in [-0.15, -0.1) is 0 Å². The minimum atomic E-state index is -0.136. The van der Waals surface area contributed by atoms with Crippen molar-refractivity contribution in [2.75, 3.05) is 6.61 Å². The molecule has 4 nitrogen and oxygen atoms in total. The summed E-state index contributed by atoms with van der Waals surface area (Å²) in [6, 6.07) is 8.43. The molecule has 1 aromatic rings. The lowest BCUT2D eigenvalue weighted by atomic mass is 9.92. The Kier molecular flexibility index (Phi) is 4.00. The smallest absolute Gasteiger partial charge is 0.237 e. The molecular weight excluding hydrogens is 264 g/mol. The van der Waals surface area contributed by atoms with E-state index >= 15 is 0 Å². The molecule has 4 heteroatoms. The highest BCUT2D eigenvalue weighted by Crippen LogP contribution is 2.24. The predicted molar refractivity (Wildman–Crippen MR) is 82.0 cm³/mol. The fraction of sp³-hybridized carbons (Fsp3) is 0.588. The van der Waals surface area contributed by atoms with E-state index < -0.39 is 0 Å². The van der Waals surface area contributed by atoms with Crippen LogP contribution in [0.25, 0.3) is 0 Å². The molecule has 1 amide bonds. The average molecular weight is 288 g/mol. The van der Waals surface area contributed by atoms with E-state index in [2.05, 4.69) is 36.6 Å². The van der Waals surface area contributed by atoms with Crippen LogP contribution in [-0.2, 0) is 22.5 Å². The van der Waals surface area contributed by atoms with Gasteiger partial charge >= 0.3 is 0 Å². The Labute approximate surface area is 126 Å². The van der Waals surface area contributed by atoms with E-state index in [1.807, 2.05) is 12.1 Å². The van der Waals surface area contributed by atoms with Gasteiger partial charge in [0.15, 0.2) is 0 Å². The normalized spacial score (nSPS) is 27.7. The Bertz CT molecular complexity index is 527. The van der Waals surface area contributed by atoms with Gasteiger partial charge in [0.1, 0.15) is 0 Å². The summed E-state index contributed by atoms with van der Waals surface area (Å²) in [5.74, 6) is 0.118. The van der Waals surface area contributed by atoms with Gasteiger partial charge in [-0.2, -0.15) is 0 Å². The number of amides is 1. The molecule has 2 atom stereocenters. The largest absolute Gasteiger partial charge is 0.375 e. The van der Waals surface area contributed by atoms with Crippen molar-refractivity contribution < 1.29 is 9.53 Å². The highest BCUT2D eigenvalue weighted by Gasteiger charge is 2.32. The Balaban J connectivity index is 1.59. The second-order valence-electron chi connectivity index (χ2n) is 6.71. The monoisotopic (exact) mass is 288 g/mol. The molecule has 2 unspecified atom stereocenters. The topological polar surface area (TPSA) is 50.4 Å². The van der Waals surface area contributed by atoms with E-state index in [-0.39, 0.29) is 23.6 Å². The highest BCUT2D eigenvalue weighted by molar-refractivity contribution is 5.82. The Morgan fingerprint density at radius 2 is 2.10 bits per heavy atom. The van der Waals surface area contributed by atoms with Crippen LogP contribution in [0.4, 0.5) is 0 Å². The van der Waals surface area contributed by atoms with Crippen LogP contribution >= 0.6 is 0 Å². The van der Waals surface area contributed by atoms with Crippen molar-refractivity contribution in [1.29, 1.82) is 0 Å². The van der Waals surface area contributed by atoms with Gasteiger partial charge in [0, 0.05) is 19.2 Å². The molecule has 2 aliphatic heterocycles. The van der Waals surface area contributed by atoms with Crippen molar-refractivity contribution in [3.8, 4) is 0 Å². The summed E-state index contributed by atoms with van der Waals surface area (Å²) in [7, 11) is 0. The molecule has 2 aliphatic rings. The van der Waals surface area contributed by atoms with Crippen LogP contribution in [0.15, 0.2) is 24.3 Å². The van der Waals surface area contributed by atoms with Crippen molar-refractivity contribution >= 4 is 5.91 Å². The van der Waals surface area contributed by atoms with Crippen molar-refractivity contribution in [3.63, 3.8) is 0 Å². The van der Waals surface area contributed by atoms with E-state index in [0.29, 0.717) is 0 Å². The molecule has 0 radical (unpaired) electrons. The molecule has 0 spiro atoms. The van der Waals surface area contributed by atoms with Gasteiger partial charge in [-0.05, 0) is 44.2 Å². The number of ether oxygens (including phenoxy) is 1. The van der Waals surface area contributed by atoms with Crippen LogP contribution in [0.5, 0.6) is 0 Å². The second kappa shape index (κ2) is 5.78. The number of carbonyl (C=O) groups is 1. The van der Waals surface area contributed by atoms with Crippen molar-refractivity contribution in [3.05, 3.63) is 35.4 Å². The second-order valence-corrected chi connectivity index (χ2v) is 6.71. The van der Waals surface area contributed by atoms with Gasteiger partial charge in [-0.1, -0.05) is 24.3 Å². The van der Waals surface area contributed by atoms with Crippen molar-refractivity contribution in [2.24, 2.45) is 0 Å². The molecule has 1 fully saturated rings. The molecule has 1 saturated heterocycles. The first-order valence-corrected chi connectivity index (χ1v) is 7.78.